The van der Waals surface area contributed by atoms with E-state index in [-0.39, 0.29) is 12.1 Å². The molecule has 1 aliphatic heterocycles. The number of imidazole rings is 1. The van der Waals surface area contributed by atoms with Crippen molar-refractivity contribution in [3.05, 3.63) is 55.1 Å². The van der Waals surface area contributed by atoms with Crippen molar-refractivity contribution < 1.29 is 14.3 Å². The van der Waals surface area contributed by atoms with Crippen molar-refractivity contribution in [3.63, 3.8) is 0 Å². The summed E-state index contributed by atoms with van der Waals surface area (Å²) in [4.78, 5) is 23.4. The molecule has 0 aliphatic carbocycles. The molecule has 1 N–H and O–H groups in total. The lowest BCUT2D eigenvalue weighted by atomic mass is 10.2. The predicted molar refractivity (Wildman–Crippen MR) is 145 cm³/mol. The molecule has 0 radical (unpaired) electrons. The molecule has 1 aliphatic rings. The summed E-state index contributed by atoms with van der Waals surface area (Å²) in [6, 6.07) is 7.63. The lowest BCUT2D eigenvalue weighted by molar-refractivity contribution is 0.0187. The second-order valence-electron chi connectivity index (χ2n) is 10.2. The van der Waals surface area contributed by atoms with Gasteiger partial charge in [0, 0.05) is 50.4 Å². The van der Waals surface area contributed by atoms with Crippen LogP contribution in [0.4, 0.5) is 16.3 Å². The molecule has 0 bridgehead atoms. The number of carbonyl (C=O) groups is 1. The fourth-order valence-electron chi connectivity index (χ4n) is 4.06. The maximum Gasteiger partial charge on any atom is 0.410 e. The van der Waals surface area contributed by atoms with Gasteiger partial charge in [-0.15, -0.1) is 0 Å². The number of carbonyl (C=O) groups excluding carboxylic acids is 1. The van der Waals surface area contributed by atoms with Crippen LogP contribution in [0.2, 0.25) is 0 Å². The van der Waals surface area contributed by atoms with Gasteiger partial charge in [-0.05, 0) is 45.7 Å². The highest BCUT2D eigenvalue weighted by molar-refractivity contribution is 6.08. The lowest BCUT2D eigenvalue weighted by Crippen LogP contribution is -2.42. The Balaban J connectivity index is 1.44. The number of amides is 1. The summed E-state index contributed by atoms with van der Waals surface area (Å²) in [6.07, 6.45) is 8.54. The van der Waals surface area contributed by atoms with Crippen LogP contribution in [0.5, 0.6) is 5.75 Å². The molecule has 0 saturated carbocycles. The average Bonchev–Trinajstić information content (AvgIpc) is 3.48. The number of nitrogens with zero attached hydrogens (tertiary/aromatic N) is 6. The summed E-state index contributed by atoms with van der Waals surface area (Å²) in [5.41, 5.74) is 2.52. The van der Waals surface area contributed by atoms with Crippen LogP contribution in [0.3, 0.4) is 0 Å². The van der Waals surface area contributed by atoms with E-state index in [2.05, 4.69) is 27.0 Å². The van der Waals surface area contributed by atoms with Gasteiger partial charge in [0.05, 0.1) is 24.1 Å². The fraction of sp³-hybridized carbons (Fsp3) is 0.407. The van der Waals surface area contributed by atoms with Crippen molar-refractivity contribution in [1.29, 1.82) is 0 Å². The second-order valence-corrected chi connectivity index (χ2v) is 10.2. The molecular formula is C27H35N7O3. The third-order valence-electron chi connectivity index (χ3n) is 5.75. The molecule has 3 heterocycles. The van der Waals surface area contributed by atoms with E-state index in [0.717, 1.165) is 29.8 Å². The number of allylic oxidation sites excluding steroid dienone is 1. The third-order valence-corrected chi connectivity index (χ3v) is 5.75. The number of likely N-dealkylation sites (tertiary alicyclic amines) is 1. The Hall–Kier alpha value is -4.08. The number of hydrazone groups is 1. The fourth-order valence-corrected chi connectivity index (χ4v) is 4.06. The smallest absolute Gasteiger partial charge is 0.410 e. The number of hydrogen-bond donors (Lipinski definition) is 1. The van der Waals surface area contributed by atoms with Crippen LogP contribution in [0, 0.1) is 0 Å². The summed E-state index contributed by atoms with van der Waals surface area (Å²) >= 11 is 0. The first kappa shape index (κ1) is 26.0. The highest BCUT2D eigenvalue weighted by Gasteiger charge is 2.32. The maximum atomic E-state index is 12.6. The molecule has 1 saturated heterocycles. The first-order valence-corrected chi connectivity index (χ1v) is 12.3. The van der Waals surface area contributed by atoms with Crippen LogP contribution in [-0.4, -0.2) is 75.5 Å². The zero-order chi connectivity index (χ0) is 26.6. The molecule has 37 heavy (non-hydrogen) atoms. The zero-order valence-corrected chi connectivity index (χ0v) is 22.1. The van der Waals surface area contributed by atoms with Crippen LogP contribution in [0.1, 0.15) is 39.3 Å². The van der Waals surface area contributed by atoms with Crippen molar-refractivity contribution in [2.45, 2.75) is 45.3 Å². The van der Waals surface area contributed by atoms with Gasteiger partial charge in [0.25, 0.3) is 0 Å². The molecule has 1 unspecified atom stereocenters. The molecule has 10 heteroatoms. The summed E-state index contributed by atoms with van der Waals surface area (Å²) in [7, 11) is 3.71. The van der Waals surface area contributed by atoms with Crippen molar-refractivity contribution in [2.24, 2.45) is 5.10 Å². The predicted octanol–water partition coefficient (Wildman–Crippen LogP) is 4.81. The van der Waals surface area contributed by atoms with Gasteiger partial charge in [-0.25, -0.2) is 14.8 Å². The van der Waals surface area contributed by atoms with E-state index in [4.69, 9.17) is 9.47 Å². The van der Waals surface area contributed by atoms with Crippen molar-refractivity contribution in [1.82, 2.24) is 24.3 Å². The highest BCUT2D eigenvalue weighted by Crippen LogP contribution is 2.26. The van der Waals surface area contributed by atoms with Crippen LogP contribution in [-0.2, 0) is 4.74 Å². The quantitative estimate of drug-likeness (QED) is 0.347. The minimum Gasteiger partial charge on any atom is -0.491 e. The molecule has 1 fully saturated rings. The topological polar surface area (TPSA) is 96.6 Å². The molecule has 196 valence electrons. The Kier molecular flexibility index (Phi) is 7.66. The molecule has 2 aromatic heterocycles. The van der Waals surface area contributed by atoms with Gasteiger partial charge in [0.15, 0.2) is 11.5 Å². The van der Waals surface area contributed by atoms with E-state index >= 15 is 0 Å². The molecule has 3 aromatic rings. The number of anilines is 2. The molecule has 1 aromatic carbocycles. The summed E-state index contributed by atoms with van der Waals surface area (Å²) in [5, 5.41) is 9.30. The Bertz CT molecular complexity index is 1290. The number of benzene rings is 1. The van der Waals surface area contributed by atoms with Gasteiger partial charge in [-0.2, -0.15) is 5.10 Å². The SMILES string of the molecule is C=C(/C=N\N(C)C)c1cnc2c(Nc3cccc(OCC4CCCN4C(=O)OC(C)(C)C)c3)nccn12. The first-order valence-electron chi connectivity index (χ1n) is 12.3. The minimum absolute atomic E-state index is 0.0191. The van der Waals surface area contributed by atoms with Crippen molar-refractivity contribution in [2.75, 3.05) is 32.6 Å². The standard InChI is InChI=1S/C27H35N7O3/c1-19(16-30-32(5)6)23-17-29-25-24(28-12-14-34(23)25)31-20-9-7-11-22(15-20)36-18-21-10-8-13-33(21)26(35)37-27(2,3)4/h7,9,11-12,14-17,21H,1,8,10,13,18H2,2-6H3,(H,28,31)/b30-16-. The van der Waals surface area contributed by atoms with Gasteiger partial charge in [0.2, 0.25) is 0 Å². The Labute approximate surface area is 217 Å². The van der Waals surface area contributed by atoms with Crippen molar-refractivity contribution >= 4 is 35.0 Å². The summed E-state index contributed by atoms with van der Waals surface area (Å²) in [5.74, 6) is 1.31. The largest absolute Gasteiger partial charge is 0.491 e. The number of fused-ring (bicyclic) bond motifs is 1. The maximum absolute atomic E-state index is 12.6. The Morgan fingerprint density at radius 2 is 2.14 bits per heavy atom. The monoisotopic (exact) mass is 505 g/mol. The minimum atomic E-state index is -0.523. The molecular weight excluding hydrogens is 470 g/mol. The number of nitrogens with one attached hydrogen (secondary N) is 1. The van der Waals surface area contributed by atoms with Crippen LogP contribution >= 0.6 is 0 Å². The van der Waals surface area contributed by atoms with Gasteiger partial charge in [0.1, 0.15) is 18.0 Å². The Morgan fingerprint density at radius 1 is 1.32 bits per heavy atom. The van der Waals surface area contributed by atoms with E-state index in [9.17, 15) is 4.79 Å². The van der Waals surface area contributed by atoms with Crippen LogP contribution in [0.25, 0.3) is 11.2 Å². The normalized spacial score (nSPS) is 15.8. The molecule has 1 amide bonds. The first-order chi connectivity index (χ1) is 17.6. The molecule has 10 nitrogen and oxygen atoms in total. The van der Waals surface area contributed by atoms with E-state index in [1.165, 1.54) is 0 Å². The van der Waals surface area contributed by atoms with E-state index in [1.807, 2.05) is 69.7 Å². The second kappa shape index (κ2) is 10.9. The number of rotatable bonds is 8. The van der Waals surface area contributed by atoms with Gasteiger partial charge in [-0.3, -0.25) is 4.40 Å². The summed E-state index contributed by atoms with van der Waals surface area (Å²) in [6.45, 7) is 10.8. The van der Waals surface area contributed by atoms with E-state index < -0.39 is 5.60 Å². The number of hydrogen-bond acceptors (Lipinski definition) is 8. The van der Waals surface area contributed by atoms with E-state index in [1.54, 1.807) is 28.5 Å². The molecule has 1 atom stereocenters. The number of ether oxygens (including phenoxy) is 2. The van der Waals surface area contributed by atoms with Crippen LogP contribution in [0.15, 0.2) is 54.5 Å². The van der Waals surface area contributed by atoms with Crippen molar-refractivity contribution in [3.8, 4) is 5.75 Å². The lowest BCUT2D eigenvalue weighted by Gasteiger charge is -2.28. The Morgan fingerprint density at radius 3 is 2.89 bits per heavy atom. The van der Waals surface area contributed by atoms with Gasteiger partial charge < -0.3 is 24.7 Å². The third kappa shape index (κ3) is 6.58. The highest BCUT2D eigenvalue weighted by atomic mass is 16.6. The molecule has 4 rings (SSSR count). The van der Waals surface area contributed by atoms with E-state index in [0.29, 0.717) is 30.4 Å². The van der Waals surface area contributed by atoms with Gasteiger partial charge in [-0.1, -0.05) is 12.6 Å². The van der Waals surface area contributed by atoms with Gasteiger partial charge >= 0.3 is 6.09 Å². The summed E-state index contributed by atoms with van der Waals surface area (Å²) < 4.78 is 13.6. The number of aromatic nitrogens is 3. The average molecular weight is 506 g/mol. The zero-order valence-electron chi connectivity index (χ0n) is 22.1. The van der Waals surface area contributed by atoms with Crippen LogP contribution < -0.4 is 10.1 Å². The molecule has 0 spiro atoms.